The van der Waals surface area contributed by atoms with Crippen molar-refractivity contribution >= 4 is 17.4 Å². The quantitative estimate of drug-likeness (QED) is 0.820. The molecule has 0 atom stereocenters. The second-order valence-electron chi connectivity index (χ2n) is 3.48. The lowest BCUT2D eigenvalue weighted by atomic mass is 10.1. The van der Waals surface area contributed by atoms with E-state index in [1.165, 1.54) is 19.3 Å². The largest absolute Gasteiger partial charge is 0.364 e. The second-order valence-corrected chi connectivity index (χ2v) is 3.48. The molecule has 0 aliphatic heterocycles. The number of hydrogen-bond acceptors (Lipinski definition) is 4. The molecule has 1 aromatic carbocycles. The van der Waals surface area contributed by atoms with Crippen molar-refractivity contribution in [1.82, 2.24) is 5.16 Å². The Hall–Kier alpha value is -2.43. The van der Waals surface area contributed by atoms with Gasteiger partial charge in [0.05, 0.1) is 0 Å². The first-order valence-electron chi connectivity index (χ1n) is 4.99. The highest BCUT2D eigenvalue weighted by Crippen LogP contribution is 2.12. The fourth-order valence-electron chi connectivity index (χ4n) is 1.34. The highest BCUT2D eigenvalue weighted by molar-refractivity contribution is 6.03. The number of hydrogen-bond donors (Lipinski definition) is 1. The highest BCUT2D eigenvalue weighted by Gasteiger charge is 2.09. The maximum Gasteiger partial charge on any atom is 0.277 e. The maximum atomic E-state index is 11.6. The summed E-state index contributed by atoms with van der Waals surface area (Å²) in [5.74, 6) is -0.429. The number of Topliss-reactive ketones (excluding diaryl/α,β-unsaturated/α-hetero) is 1. The number of nitrogens with one attached hydrogen (secondary N) is 1. The average Bonchev–Trinajstić information content (AvgIpc) is 2.82. The molecule has 0 radical (unpaired) electrons. The van der Waals surface area contributed by atoms with Crippen LogP contribution >= 0.6 is 0 Å². The molecule has 0 saturated carbocycles. The van der Waals surface area contributed by atoms with Crippen LogP contribution in [0.1, 0.15) is 27.8 Å². The summed E-state index contributed by atoms with van der Waals surface area (Å²) in [6, 6.07) is 8.16. The highest BCUT2D eigenvalue weighted by atomic mass is 16.5. The van der Waals surface area contributed by atoms with Crippen molar-refractivity contribution in [1.29, 1.82) is 0 Å². The Morgan fingerprint density at radius 2 is 2.12 bits per heavy atom. The standard InChI is InChI=1S/C12H10N2O3/c1-8(15)9-3-2-4-10(7-9)13-12(16)11-5-6-17-14-11/h2-7H,1H3,(H,13,16). The Bertz CT molecular complexity index is 547. The van der Waals surface area contributed by atoms with Crippen molar-refractivity contribution in [2.45, 2.75) is 6.92 Å². The maximum absolute atomic E-state index is 11.6. The van der Waals surface area contributed by atoms with Gasteiger partial charge in [-0.2, -0.15) is 0 Å². The number of amides is 1. The molecule has 0 aliphatic rings. The van der Waals surface area contributed by atoms with E-state index in [1.54, 1.807) is 24.3 Å². The summed E-state index contributed by atoms with van der Waals surface area (Å²) in [5.41, 5.74) is 1.28. The number of carbonyl (C=O) groups is 2. The molecule has 0 spiro atoms. The van der Waals surface area contributed by atoms with Crippen LogP contribution in [0.15, 0.2) is 41.1 Å². The zero-order chi connectivity index (χ0) is 12.3. The minimum Gasteiger partial charge on any atom is -0.364 e. The molecule has 86 valence electrons. The fraction of sp³-hybridized carbons (Fsp3) is 0.0833. The van der Waals surface area contributed by atoms with Gasteiger partial charge in [-0.1, -0.05) is 17.3 Å². The number of benzene rings is 1. The lowest BCUT2D eigenvalue weighted by Crippen LogP contribution is -2.12. The predicted octanol–water partition coefficient (Wildman–Crippen LogP) is 2.13. The molecule has 0 aliphatic carbocycles. The average molecular weight is 230 g/mol. The normalized spacial score (nSPS) is 9.94. The molecule has 1 heterocycles. The van der Waals surface area contributed by atoms with Crippen LogP contribution in [0.4, 0.5) is 5.69 Å². The summed E-state index contributed by atoms with van der Waals surface area (Å²) in [6.07, 6.45) is 1.32. The van der Waals surface area contributed by atoms with Gasteiger partial charge in [0.25, 0.3) is 5.91 Å². The predicted molar refractivity (Wildman–Crippen MR) is 60.9 cm³/mol. The topological polar surface area (TPSA) is 72.2 Å². The minimum absolute atomic E-state index is 0.0532. The first kappa shape index (κ1) is 11.1. The van der Waals surface area contributed by atoms with Gasteiger partial charge < -0.3 is 9.84 Å². The Morgan fingerprint density at radius 3 is 2.76 bits per heavy atom. The Morgan fingerprint density at radius 1 is 1.29 bits per heavy atom. The van der Waals surface area contributed by atoms with Gasteiger partial charge in [-0.15, -0.1) is 0 Å². The third-order valence-corrected chi connectivity index (χ3v) is 2.20. The molecule has 0 fully saturated rings. The van der Waals surface area contributed by atoms with Crippen LogP contribution in [0.3, 0.4) is 0 Å². The molecular formula is C12H10N2O3. The summed E-state index contributed by atoms with van der Waals surface area (Å²) >= 11 is 0. The number of nitrogens with zero attached hydrogens (tertiary/aromatic N) is 1. The van der Waals surface area contributed by atoms with E-state index in [0.717, 1.165) is 0 Å². The van der Waals surface area contributed by atoms with Gasteiger partial charge in [0.15, 0.2) is 11.5 Å². The van der Waals surface area contributed by atoms with Crippen molar-refractivity contribution in [3.63, 3.8) is 0 Å². The van der Waals surface area contributed by atoms with Crippen LogP contribution < -0.4 is 5.32 Å². The zero-order valence-corrected chi connectivity index (χ0v) is 9.14. The van der Waals surface area contributed by atoms with E-state index >= 15 is 0 Å². The molecular weight excluding hydrogens is 220 g/mol. The lowest BCUT2D eigenvalue weighted by Gasteiger charge is -2.03. The van der Waals surface area contributed by atoms with E-state index in [0.29, 0.717) is 11.3 Å². The van der Waals surface area contributed by atoms with Crippen LogP contribution in [-0.4, -0.2) is 16.8 Å². The van der Waals surface area contributed by atoms with Crippen LogP contribution in [0.2, 0.25) is 0 Å². The van der Waals surface area contributed by atoms with E-state index in [2.05, 4.69) is 15.0 Å². The van der Waals surface area contributed by atoms with Gasteiger partial charge >= 0.3 is 0 Å². The van der Waals surface area contributed by atoms with E-state index < -0.39 is 0 Å². The molecule has 2 rings (SSSR count). The number of anilines is 1. The summed E-state index contributed by atoms with van der Waals surface area (Å²) in [5, 5.41) is 6.14. The molecule has 1 aromatic heterocycles. The van der Waals surface area contributed by atoms with E-state index in [1.807, 2.05) is 0 Å². The first-order valence-corrected chi connectivity index (χ1v) is 4.99. The molecule has 1 amide bonds. The van der Waals surface area contributed by atoms with Crippen LogP contribution in [0.25, 0.3) is 0 Å². The van der Waals surface area contributed by atoms with Crippen molar-refractivity contribution < 1.29 is 14.1 Å². The Balaban J connectivity index is 2.16. The first-order chi connectivity index (χ1) is 8.16. The van der Waals surface area contributed by atoms with Crippen LogP contribution in [0.5, 0.6) is 0 Å². The van der Waals surface area contributed by atoms with Gasteiger partial charge in [0.2, 0.25) is 0 Å². The SMILES string of the molecule is CC(=O)c1cccc(NC(=O)c2ccon2)c1. The third kappa shape index (κ3) is 2.57. The van der Waals surface area contributed by atoms with Gasteiger partial charge in [0.1, 0.15) is 6.26 Å². The molecule has 0 saturated heterocycles. The summed E-state index contributed by atoms with van der Waals surface area (Å²) < 4.78 is 4.57. The van der Waals surface area contributed by atoms with Gasteiger partial charge in [0, 0.05) is 17.3 Å². The van der Waals surface area contributed by atoms with E-state index in [-0.39, 0.29) is 17.4 Å². The minimum atomic E-state index is -0.376. The number of aromatic nitrogens is 1. The van der Waals surface area contributed by atoms with Crippen LogP contribution in [-0.2, 0) is 0 Å². The van der Waals surface area contributed by atoms with Crippen molar-refractivity contribution in [3.8, 4) is 0 Å². The summed E-state index contributed by atoms with van der Waals surface area (Å²) in [7, 11) is 0. The second kappa shape index (κ2) is 4.61. The number of ketones is 1. The summed E-state index contributed by atoms with van der Waals surface area (Å²) in [4.78, 5) is 22.8. The lowest BCUT2D eigenvalue weighted by molar-refractivity contribution is 0.100. The molecule has 0 bridgehead atoms. The number of rotatable bonds is 3. The molecule has 5 nitrogen and oxygen atoms in total. The van der Waals surface area contributed by atoms with E-state index in [9.17, 15) is 9.59 Å². The van der Waals surface area contributed by atoms with Gasteiger partial charge in [-0.3, -0.25) is 9.59 Å². The van der Waals surface area contributed by atoms with Crippen LogP contribution in [0, 0.1) is 0 Å². The van der Waals surface area contributed by atoms with Crippen molar-refractivity contribution in [3.05, 3.63) is 47.9 Å². The smallest absolute Gasteiger partial charge is 0.277 e. The van der Waals surface area contributed by atoms with Gasteiger partial charge in [-0.05, 0) is 19.1 Å². The number of carbonyl (C=O) groups excluding carboxylic acids is 2. The summed E-state index contributed by atoms with van der Waals surface area (Å²) in [6.45, 7) is 1.47. The Kier molecular flexibility index (Phi) is 3.00. The monoisotopic (exact) mass is 230 g/mol. The zero-order valence-electron chi connectivity index (χ0n) is 9.14. The van der Waals surface area contributed by atoms with Gasteiger partial charge in [-0.25, -0.2) is 0 Å². The molecule has 5 heteroatoms. The van der Waals surface area contributed by atoms with Crippen molar-refractivity contribution in [2.24, 2.45) is 0 Å². The molecule has 2 aromatic rings. The molecule has 1 N–H and O–H groups in total. The third-order valence-electron chi connectivity index (χ3n) is 2.20. The van der Waals surface area contributed by atoms with Crippen molar-refractivity contribution in [2.75, 3.05) is 5.32 Å². The molecule has 17 heavy (non-hydrogen) atoms. The van der Waals surface area contributed by atoms with E-state index in [4.69, 9.17) is 0 Å². The molecule has 0 unspecified atom stereocenters. The fourth-order valence-corrected chi connectivity index (χ4v) is 1.34. The Labute approximate surface area is 97.4 Å².